The van der Waals surface area contributed by atoms with Crippen LogP contribution >= 0.6 is 0 Å². The number of anilines is 1. The lowest BCUT2D eigenvalue weighted by atomic mass is 10.1. The van der Waals surface area contributed by atoms with E-state index in [0.29, 0.717) is 5.56 Å². The highest BCUT2D eigenvalue weighted by atomic mass is 16.1. The number of carbonyl (C=O) groups is 1. The number of carbonyl (C=O) groups excluding carboxylic acids is 1. The van der Waals surface area contributed by atoms with Gasteiger partial charge >= 0.3 is 0 Å². The zero-order chi connectivity index (χ0) is 18.9. The first-order valence-electron chi connectivity index (χ1n) is 9.99. The molecule has 4 heteroatoms. The number of nitrogens with zero attached hydrogens (tertiary/aromatic N) is 3. The number of para-hydroxylation sites is 1. The van der Waals surface area contributed by atoms with E-state index in [4.69, 9.17) is 4.98 Å². The Labute approximate surface area is 164 Å². The van der Waals surface area contributed by atoms with Gasteiger partial charge < -0.3 is 9.47 Å². The van der Waals surface area contributed by atoms with Crippen molar-refractivity contribution in [2.45, 2.75) is 25.8 Å². The van der Waals surface area contributed by atoms with E-state index < -0.39 is 0 Å². The maximum absolute atomic E-state index is 11.2. The predicted molar refractivity (Wildman–Crippen MR) is 114 cm³/mol. The lowest BCUT2D eigenvalue weighted by Crippen LogP contribution is -2.30. The van der Waals surface area contributed by atoms with Crippen LogP contribution in [0.25, 0.3) is 21.8 Å². The lowest BCUT2D eigenvalue weighted by molar-refractivity contribution is 0.112. The third kappa shape index (κ3) is 2.95. The van der Waals surface area contributed by atoms with Gasteiger partial charge in [0.15, 0.2) is 0 Å². The minimum absolute atomic E-state index is 0.711. The maximum Gasteiger partial charge on any atom is 0.150 e. The molecule has 1 fully saturated rings. The number of hydrogen-bond acceptors (Lipinski definition) is 3. The van der Waals surface area contributed by atoms with Gasteiger partial charge in [0.05, 0.1) is 0 Å². The minimum atomic E-state index is 0.711. The van der Waals surface area contributed by atoms with Gasteiger partial charge in [-0.05, 0) is 55.2 Å². The number of piperidine rings is 1. The van der Waals surface area contributed by atoms with Crippen molar-refractivity contribution >= 4 is 33.9 Å². The molecule has 0 spiro atoms. The Hall–Kier alpha value is -3.14. The second-order valence-corrected chi connectivity index (χ2v) is 7.57. The molecule has 0 N–H and O–H groups in total. The summed E-state index contributed by atoms with van der Waals surface area (Å²) in [6.45, 7) is 2.98. The number of pyridine rings is 1. The fraction of sp³-hybridized carbons (Fsp3) is 0.250. The van der Waals surface area contributed by atoms with Crippen molar-refractivity contribution in [2.24, 2.45) is 0 Å². The summed E-state index contributed by atoms with van der Waals surface area (Å²) in [6.07, 6.45) is 6.76. The molecule has 3 heterocycles. The smallest absolute Gasteiger partial charge is 0.150 e. The topological polar surface area (TPSA) is 38.1 Å². The fourth-order valence-electron chi connectivity index (χ4n) is 4.32. The van der Waals surface area contributed by atoms with E-state index in [9.17, 15) is 4.79 Å². The van der Waals surface area contributed by atoms with Crippen LogP contribution in [-0.2, 0) is 6.54 Å². The van der Waals surface area contributed by atoms with Gasteiger partial charge in [0.25, 0.3) is 0 Å². The van der Waals surface area contributed by atoms with E-state index in [1.54, 1.807) is 0 Å². The summed E-state index contributed by atoms with van der Waals surface area (Å²) in [5.74, 6) is 1.08. The molecule has 28 heavy (non-hydrogen) atoms. The average Bonchev–Trinajstić information content (AvgIpc) is 3.08. The van der Waals surface area contributed by atoms with Crippen LogP contribution in [0.1, 0.15) is 35.2 Å². The van der Waals surface area contributed by atoms with Crippen LogP contribution in [-0.4, -0.2) is 28.9 Å². The first-order chi connectivity index (χ1) is 13.8. The molecule has 0 aliphatic carbocycles. The van der Waals surface area contributed by atoms with E-state index >= 15 is 0 Å². The molecule has 1 saturated heterocycles. The Kier molecular flexibility index (Phi) is 4.32. The zero-order valence-electron chi connectivity index (χ0n) is 15.8. The van der Waals surface area contributed by atoms with Crippen LogP contribution < -0.4 is 4.90 Å². The van der Waals surface area contributed by atoms with Crippen molar-refractivity contribution < 1.29 is 4.79 Å². The molecular weight excluding hydrogens is 346 g/mol. The van der Waals surface area contributed by atoms with Gasteiger partial charge in [0.2, 0.25) is 0 Å². The molecule has 1 aliphatic rings. The Morgan fingerprint density at radius 3 is 2.50 bits per heavy atom. The standard InChI is InChI=1S/C24H23N3O/c28-17-18-8-10-23-21(14-18)20-6-2-3-7-22(20)27(23)16-19-9-11-24(25-15-19)26-12-4-1-5-13-26/h2-3,6-11,14-15,17H,1,4-5,12-13,16H2. The SMILES string of the molecule is O=Cc1ccc2c(c1)c1ccccc1n2Cc1ccc(N2CCCCC2)nc1. The Morgan fingerprint density at radius 1 is 0.893 bits per heavy atom. The van der Waals surface area contributed by atoms with Gasteiger partial charge in [0.1, 0.15) is 12.1 Å². The molecule has 4 aromatic rings. The van der Waals surface area contributed by atoms with Crippen LogP contribution in [0, 0.1) is 0 Å². The third-order valence-corrected chi connectivity index (χ3v) is 5.76. The Balaban J connectivity index is 1.53. The largest absolute Gasteiger partial charge is 0.357 e. The van der Waals surface area contributed by atoms with E-state index in [1.807, 2.05) is 18.3 Å². The number of benzene rings is 2. The van der Waals surface area contributed by atoms with Gasteiger partial charge in [-0.2, -0.15) is 0 Å². The highest BCUT2D eigenvalue weighted by Crippen LogP contribution is 2.30. The fourth-order valence-corrected chi connectivity index (χ4v) is 4.32. The molecule has 4 nitrogen and oxygen atoms in total. The van der Waals surface area contributed by atoms with Gasteiger partial charge in [-0.1, -0.05) is 24.3 Å². The van der Waals surface area contributed by atoms with Crippen LogP contribution in [0.15, 0.2) is 60.8 Å². The molecule has 2 aromatic heterocycles. The second-order valence-electron chi connectivity index (χ2n) is 7.57. The lowest BCUT2D eigenvalue weighted by Gasteiger charge is -2.27. The molecule has 2 aromatic carbocycles. The van der Waals surface area contributed by atoms with Crippen molar-refractivity contribution in [3.63, 3.8) is 0 Å². The molecule has 0 radical (unpaired) electrons. The van der Waals surface area contributed by atoms with Crippen LogP contribution in [0.4, 0.5) is 5.82 Å². The monoisotopic (exact) mass is 369 g/mol. The van der Waals surface area contributed by atoms with Crippen LogP contribution in [0.5, 0.6) is 0 Å². The first kappa shape index (κ1) is 17.0. The maximum atomic E-state index is 11.2. The number of hydrogen-bond donors (Lipinski definition) is 0. The first-order valence-corrected chi connectivity index (χ1v) is 9.99. The molecule has 0 atom stereocenters. The van der Waals surface area contributed by atoms with E-state index in [-0.39, 0.29) is 0 Å². The van der Waals surface area contributed by atoms with Crippen molar-refractivity contribution in [3.8, 4) is 0 Å². The van der Waals surface area contributed by atoms with Crippen molar-refractivity contribution in [1.82, 2.24) is 9.55 Å². The average molecular weight is 369 g/mol. The van der Waals surface area contributed by atoms with E-state index in [0.717, 1.165) is 42.6 Å². The highest BCUT2D eigenvalue weighted by molar-refractivity contribution is 6.09. The Morgan fingerprint density at radius 2 is 1.71 bits per heavy atom. The summed E-state index contributed by atoms with van der Waals surface area (Å²) in [5.41, 5.74) is 4.22. The van der Waals surface area contributed by atoms with Gasteiger partial charge in [-0.25, -0.2) is 4.98 Å². The number of aldehydes is 1. The summed E-state index contributed by atoms with van der Waals surface area (Å²) < 4.78 is 2.32. The zero-order valence-corrected chi connectivity index (χ0v) is 15.8. The van der Waals surface area contributed by atoms with E-state index in [1.165, 1.54) is 35.7 Å². The quantitative estimate of drug-likeness (QED) is 0.473. The summed E-state index contributed by atoms with van der Waals surface area (Å²) in [5, 5.41) is 2.30. The molecule has 1 aliphatic heterocycles. The molecule has 0 amide bonds. The van der Waals surface area contributed by atoms with E-state index in [2.05, 4.69) is 51.9 Å². The molecule has 140 valence electrons. The molecule has 0 saturated carbocycles. The van der Waals surface area contributed by atoms with Gasteiger partial charge in [-0.3, -0.25) is 4.79 Å². The van der Waals surface area contributed by atoms with Crippen molar-refractivity contribution in [1.29, 1.82) is 0 Å². The summed E-state index contributed by atoms with van der Waals surface area (Å²) in [6, 6.07) is 18.7. The summed E-state index contributed by atoms with van der Waals surface area (Å²) in [4.78, 5) is 18.3. The normalized spacial score (nSPS) is 14.6. The Bertz CT molecular complexity index is 1140. The molecule has 0 bridgehead atoms. The second kappa shape index (κ2) is 7.12. The predicted octanol–water partition coefficient (Wildman–Crippen LogP) is 5.04. The summed E-state index contributed by atoms with van der Waals surface area (Å²) in [7, 11) is 0. The number of rotatable bonds is 4. The van der Waals surface area contributed by atoms with Crippen LogP contribution in [0.2, 0.25) is 0 Å². The van der Waals surface area contributed by atoms with Gasteiger partial charge in [-0.15, -0.1) is 0 Å². The van der Waals surface area contributed by atoms with Crippen LogP contribution in [0.3, 0.4) is 0 Å². The third-order valence-electron chi connectivity index (χ3n) is 5.76. The molecular formula is C24H23N3O. The molecule has 0 unspecified atom stereocenters. The number of fused-ring (bicyclic) bond motifs is 3. The van der Waals surface area contributed by atoms with Crippen molar-refractivity contribution in [2.75, 3.05) is 18.0 Å². The van der Waals surface area contributed by atoms with Crippen molar-refractivity contribution in [3.05, 3.63) is 71.9 Å². The van der Waals surface area contributed by atoms with Gasteiger partial charge in [0, 0.05) is 53.2 Å². The summed E-state index contributed by atoms with van der Waals surface area (Å²) >= 11 is 0. The number of aromatic nitrogens is 2. The minimum Gasteiger partial charge on any atom is -0.357 e. The molecule has 5 rings (SSSR count). The highest BCUT2D eigenvalue weighted by Gasteiger charge is 2.13.